The van der Waals surface area contributed by atoms with Gasteiger partial charge < -0.3 is 14.8 Å². The molecule has 0 saturated carbocycles. The number of fused-ring (bicyclic) bond motifs is 3. The molecule has 1 aromatic carbocycles. The van der Waals surface area contributed by atoms with Gasteiger partial charge in [0.05, 0.1) is 17.9 Å². The Morgan fingerprint density at radius 2 is 2.04 bits per heavy atom. The third-order valence-electron chi connectivity index (χ3n) is 6.20. The van der Waals surface area contributed by atoms with E-state index in [-0.39, 0.29) is 17.7 Å². The van der Waals surface area contributed by atoms with E-state index in [9.17, 15) is 24.1 Å². The lowest BCUT2D eigenvalue weighted by Crippen LogP contribution is -2.44. The molecule has 0 radical (unpaired) electrons. The van der Waals surface area contributed by atoms with Crippen LogP contribution in [0, 0.1) is 23.6 Å². The van der Waals surface area contributed by atoms with Crippen molar-refractivity contribution in [1.29, 1.82) is 0 Å². The van der Waals surface area contributed by atoms with Crippen molar-refractivity contribution in [2.45, 2.75) is 32.3 Å². The second kappa shape index (κ2) is 6.46. The summed E-state index contributed by atoms with van der Waals surface area (Å²) >= 11 is 0. The zero-order chi connectivity index (χ0) is 19.5. The number of phenolic OH excluding ortho intramolecular Hbond substituents is 1. The van der Waals surface area contributed by atoms with Crippen LogP contribution in [0.3, 0.4) is 0 Å². The smallest absolute Gasteiger partial charge is 0.487 e. The van der Waals surface area contributed by atoms with Crippen LogP contribution in [-0.2, 0) is 14.2 Å². The summed E-state index contributed by atoms with van der Waals surface area (Å²) in [5, 5.41) is 20.1. The van der Waals surface area contributed by atoms with E-state index in [2.05, 4.69) is 0 Å². The number of imide groups is 1. The van der Waals surface area contributed by atoms with Gasteiger partial charge in [-0.25, -0.2) is 4.39 Å². The molecule has 2 heterocycles. The van der Waals surface area contributed by atoms with Gasteiger partial charge in [0.25, 0.3) is 0 Å². The number of nitrogens with zero attached hydrogens (tertiary/aromatic N) is 1. The topological polar surface area (TPSA) is 87.1 Å². The van der Waals surface area contributed by atoms with Gasteiger partial charge in [0.1, 0.15) is 0 Å². The standard InChI is InChI=1S/C19H21BFNO5/c1-3-9-6-12-16(19(25)22(2)18(12)24)11-8-15(27-20(26)17(9)11)10-4-5-14(23)13(21)7-10/h4-5,7,11-12,15-16,23,26H,3,6,8H2,1-2H3/t11-,12-,15-,16+/m0/s1. The number of allylic oxidation sites excluding steroid dienone is 2. The molecule has 4 rings (SSSR count). The van der Waals surface area contributed by atoms with Crippen LogP contribution in [0.2, 0.25) is 0 Å². The molecule has 6 nitrogen and oxygen atoms in total. The van der Waals surface area contributed by atoms with Crippen molar-refractivity contribution in [3.63, 3.8) is 0 Å². The van der Waals surface area contributed by atoms with E-state index in [1.54, 1.807) is 6.07 Å². The summed E-state index contributed by atoms with van der Waals surface area (Å²) in [7, 11) is 0.298. The number of carbonyl (C=O) groups is 2. The monoisotopic (exact) mass is 373 g/mol. The molecular weight excluding hydrogens is 352 g/mol. The van der Waals surface area contributed by atoms with Crippen LogP contribution in [0.1, 0.15) is 37.9 Å². The molecule has 2 saturated heterocycles. The SMILES string of the molecule is CCC1=C2B(O)O[C@H](c3ccc(O)c(F)c3)C[C@H]2[C@H]2C(=O)N(C)C(=O)[C@H]2C1. The van der Waals surface area contributed by atoms with E-state index in [0.29, 0.717) is 30.3 Å². The molecule has 2 N–H and O–H groups in total. The van der Waals surface area contributed by atoms with Crippen molar-refractivity contribution in [3.05, 3.63) is 40.6 Å². The molecule has 142 valence electrons. The summed E-state index contributed by atoms with van der Waals surface area (Å²) in [4.78, 5) is 26.4. The summed E-state index contributed by atoms with van der Waals surface area (Å²) in [6.45, 7) is 1.96. The first-order valence-electron chi connectivity index (χ1n) is 9.18. The van der Waals surface area contributed by atoms with E-state index in [0.717, 1.165) is 5.57 Å². The van der Waals surface area contributed by atoms with Gasteiger partial charge in [0.2, 0.25) is 11.8 Å². The van der Waals surface area contributed by atoms with Crippen molar-refractivity contribution in [2.24, 2.45) is 17.8 Å². The van der Waals surface area contributed by atoms with E-state index in [1.807, 2.05) is 6.92 Å². The number of carbonyl (C=O) groups excluding carboxylic acids is 2. The van der Waals surface area contributed by atoms with E-state index in [4.69, 9.17) is 4.65 Å². The number of likely N-dealkylation sites (tertiary alicyclic amines) is 1. The average molecular weight is 373 g/mol. The maximum absolute atomic E-state index is 13.8. The van der Waals surface area contributed by atoms with Gasteiger partial charge in [0, 0.05) is 7.05 Å². The molecule has 3 aliphatic rings. The maximum Gasteiger partial charge on any atom is 0.487 e. The second-order valence-electron chi connectivity index (χ2n) is 7.51. The van der Waals surface area contributed by atoms with Crippen LogP contribution in [0.15, 0.2) is 29.2 Å². The van der Waals surface area contributed by atoms with Gasteiger partial charge in [-0.2, -0.15) is 0 Å². The van der Waals surface area contributed by atoms with Crippen molar-refractivity contribution < 1.29 is 28.8 Å². The fourth-order valence-electron chi connectivity index (χ4n) is 4.85. The van der Waals surface area contributed by atoms with Crippen LogP contribution >= 0.6 is 0 Å². The molecule has 0 spiro atoms. The number of halogens is 1. The molecule has 0 aromatic heterocycles. The van der Waals surface area contributed by atoms with Crippen molar-refractivity contribution in [3.8, 4) is 5.75 Å². The molecule has 2 fully saturated rings. The molecule has 1 aromatic rings. The Bertz CT molecular complexity index is 857. The average Bonchev–Trinajstić information content (AvgIpc) is 2.87. The van der Waals surface area contributed by atoms with Crippen LogP contribution in [0.25, 0.3) is 0 Å². The predicted molar refractivity (Wildman–Crippen MR) is 94.7 cm³/mol. The highest BCUT2D eigenvalue weighted by Crippen LogP contribution is 2.51. The molecule has 0 unspecified atom stereocenters. The number of aromatic hydroxyl groups is 1. The van der Waals surface area contributed by atoms with Crippen LogP contribution in [0.4, 0.5) is 4.39 Å². The molecule has 0 bridgehead atoms. The van der Waals surface area contributed by atoms with Crippen molar-refractivity contribution in [2.75, 3.05) is 7.05 Å². The Balaban J connectivity index is 1.74. The first-order chi connectivity index (χ1) is 12.8. The Morgan fingerprint density at radius 3 is 2.70 bits per heavy atom. The maximum atomic E-state index is 13.8. The molecule has 8 heteroatoms. The summed E-state index contributed by atoms with van der Waals surface area (Å²) in [6.07, 6.45) is 0.864. The van der Waals surface area contributed by atoms with Gasteiger partial charge in [0.15, 0.2) is 11.6 Å². The van der Waals surface area contributed by atoms with Crippen LogP contribution < -0.4 is 0 Å². The highest BCUT2D eigenvalue weighted by Gasteiger charge is 2.56. The summed E-state index contributed by atoms with van der Waals surface area (Å²) in [5.41, 5.74) is 2.14. The van der Waals surface area contributed by atoms with Crippen molar-refractivity contribution in [1.82, 2.24) is 4.90 Å². The minimum atomic E-state index is -1.20. The fourth-order valence-corrected chi connectivity index (χ4v) is 4.85. The van der Waals surface area contributed by atoms with E-state index >= 15 is 0 Å². The minimum Gasteiger partial charge on any atom is -0.505 e. The van der Waals surface area contributed by atoms with Gasteiger partial charge in [-0.3, -0.25) is 14.5 Å². The zero-order valence-electron chi connectivity index (χ0n) is 15.2. The van der Waals surface area contributed by atoms with Gasteiger partial charge in [-0.05, 0) is 48.3 Å². The summed E-state index contributed by atoms with van der Waals surface area (Å²) in [5.74, 6) is -2.89. The molecule has 4 atom stereocenters. The summed E-state index contributed by atoms with van der Waals surface area (Å²) < 4.78 is 19.5. The third kappa shape index (κ3) is 2.70. The van der Waals surface area contributed by atoms with Crippen molar-refractivity contribution >= 4 is 18.9 Å². The quantitative estimate of drug-likeness (QED) is 0.612. The molecule has 1 aliphatic carbocycles. The molecule has 2 aliphatic heterocycles. The normalized spacial score (nSPS) is 30.7. The largest absolute Gasteiger partial charge is 0.505 e. The molecule has 27 heavy (non-hydrogen) atoms. The lowest BCUT2D eigenvalue weighted by atomic mass is 9.55. The lowest BCUT2D eigenvalue weighted by molar-refractivity contribution is -0.138. The number of hydrogen-bond acceptors (Lipinski definition) is 5. The van der Waals surface area contributed by atoms with Crippen LogP contribution in [0.5, 0.6) is 5.75 Å². The van der Waals surface area contributed by atoms with E-state index in [1.165, 1.54) is 24.1 Å². The summed E-state index contributed by atoms with van der Waals surface area (Å²) in [6, 6.07) is 3.96. The second-order valence-corrected chi connectivity index (χ2v) is 7.51. The van der Waals surface area contributed by atoms with Crippen LogP contribution in [-0.4, -0.2) is 41.0 Å². The fraction of sp³-hybridized carbons (Fsp3) is 0.474. The first-order valence-corrected chi connectivity index (χ1v) is 9.18. The highest BCUT2D eigenvalue weighted by molar-refractivity contribution is 6.53. The Labute approximate surface area is 156 Å². The number of phenols is 1. The molecule has 2 amide bonds. The predicted octanol–water partition coefficient (Wildman–Crippen LogP) is 1.97. The first kappa shape index (κ1) is 18.2. The van der Waals surface area contributed by atoms with Gasteiger partial charge in [-0.1, -0.05) is 18.6 Å². The van der Waals surface area contributed by atoms with Gasteiger partial charge in [-0.15, -0.1) is 0 Å². The van der Waals surface area contributed by atoms with E-state index < -0.39 is 36.6 Å². The number of benzene rings is 1. The minimum absolute atomic E-state index is 0.178. The highest BCUT2D eigenvalue weighted by atomic mass is 19.1. The third-order valence-corrected chi connectivity index (χ3v) is 6.20. The zero-order valence-corrected chi connectivity index (χ0v) is 15.2. The number of amides is 2. The molecular formula is C19H21BFNO5. The Morgan fingerprint density at radius 1 is 1.30 bits per heavy atom. The lowest BCUT2D eigenvalue weighted by Gasteiger charge is -2.42. The van der Waals surface area contributed by atoms with Gasteiger partial charge >= 0.3 is 7.12 Å². The Kier molecular flexibility index (Phi) is 4.35. The number of hydrogen-bond donors (Lipinski definition) is 2. The Hall–Kier alpha value is -2.19. The number of rotatable bonds is 2.